The topological polar surface area (TPSA) is 59.6 Å². The molecule has 0 atom stereocenters. The van der Waals surface area contributed by atoms with E-state index in [2.05, 4.69) is 33.2 Å². The van der Waals surface area contributed by atoms with Gasteiger partial charge in [-0.05, 0) is 90.0 Å². The van der Waals surface area contributed by atoms with Gasteiger partial charge in [-0.1, -0.05) is 35.3 Å². The summed E-state index contributed by atoms with van der Waals surface area (Å²) in [5.41, 5.74) is 3.58. The number of halogens is 3. The summed E-state index contributed by atoms with van der Waals surface area (Å²) in [5, 5.41) is 7.28. The van der Waals surface area contributed by atoms with Crippen LogP contribution in [0.1, 0.15) is 18.1 Å². The molecule has 0 saturated carbocycles. The highest BCUT2D eigenvalue weighted by atomic mass is 127. The monoisotopic (exact) mass is 584 g/mol. The average Bonchev–Trinajstić information content (AvgIpc) is 2.73. The van der Waals surface area contributed by atoms with Crippen molar-refractivity contribution in [1.82, 2.24) is 0 Å². The van der Waals surface area contributed by atoms with Crippen molar-refractivity contribution < 1.29 is 14.3 Å². The second-order valence-electron chi connectivity index (χ2n) is 7.02. The van der Waals surface area contributed by atoms with Crippen LogP contribution in [0.15, 0.2) is 54.6 Å². The molecule has 1 amide bonds. The molecule has 168 valence electrons. The SMILES string of the molecule is CCOc1cc(CNc2ccc(Cl)cc2Cl)cc(I)c1OCC(=O)Nc1cccc(C)c1. The molecule has 0 aliphatic rings. The van der Waals surface area contributed by atoms with Gasteiger partial charge in [0.25, 0.3) is 5.91 Å². The van der Waals surface area contributed by atoms with Crippen LogP contribution in [0.2, 0.25) is 10.0 Å². The van der Waals surface area contributed by atoms with Gasteiger partial charge in [-0.2, -0.15) is 0 Å². The summed E-state index contributed by atoms with van der Waals surface area (Å²) in [5.74, 6) is 0.888. The number of ether oxygens (including phenoxy) is 2. The molecule has 3 rings (SSSR count). The maximum atomic E-state index is 12.3. The Labute approximate surface area is 211 Å². The number of hydrogen-bond acceptors (Lipinski definition) is 4. The lowest BCUT2D eigenvalue weighted by Gasteiger charge is -2.16. The molecule has 0 fully saturated rings. The van der Waals surface area contributed by atoms with Gasteiger partial charge in [-0.15, -0.1) is 0 Å². The van der Waals surface area contributed by atoms with E-state index in [1.54, 1.807) is 12.1 Å². The summed E-state index contributed by atoms with van der Waals surface area (Å²) >= 11 is 14.4. The van der Waals surface area contributed by atoms with Gasteiger partial charge in [0.1, 0.15) is 0 Å². The fraction of sp³-hybridized carbons (Fsp3) is 0.208. The van der Waals surface area contributed by atoms with Crippen LogP contribution in [-0.4, -0.2) is 19.1 Å². The van der Waals surface area contributed by atoms with Gasteiger partial charge in [0.15, 0.2) is 18.1 Å². The van der Waals surface area contributed by atoms with E-state index < -0.39 is 0 Å². The zero-order chi connectivity index (χ0) is 23.1. The van der Waals surface area contributed by atoms with Gasteiger partial charge in [0.2, 0.25) is 0 Å². The number of nitrogens with one attached hydrogen (secondary N) is 2. The first-order chi connectivity index (χ1) is 15.4. The number of rotatable bonds is 9. The molecule has 3 aromatic rings. The van der Waals surface area contributed by atoms with Crippen LogP contribution in [0, 0.1) is 10.5 Å². The van der Waals surface area contributed by atoms with Crippen molar-refractivity contribution in [1.29, 1.82) is 0 Å². The maximum absolute atomic E-state index is 12.3. The summed E-state index contributed by atoms with van der Waals surface area (Å²) in [4.78, 5) is 12.3. The predicted molar refractivity (Wildman–Crippen MR) is 139 cm³/mol. The van der Waals surface area contributed by atoms with Gasteiger partial charge >= 0.3 is 0 Å². The van der Waals surface area contributed by atoms with Gasteiger partial charge in [0, 0.05) is 17.3 Å². The molecule has 0 bridgehead atoms. The highest BCUT2D eigenvalue weighted by Gasteiger charge is 2.15. The number of benzene rings is 3. The van der Waals surface area contributed by atoms with Crippen molar-refractivity contribution in [3.63, 3.8) is 0 Å². The van der Waals surface area contributed by atoms with E-state index in [1.165, 1.54) is 0 Å². The van der Waals surface area contributed by atoms with Crippen LogP contribution in [-0.2, 0) is 11.3 Å². The first kappa shape index (κ1) is 24.5. The summed E-state index contributed by atoms with van der Waals surface area (Å²) in [6, 6.07) is 16.8. The highest BCUT2D eigenvalue weighted by Crippen LogP contribution is 2.35. The van der Waals surface area contributed by atoms with Crippen molar-refractivity contribution in [2.75, 3.05) is 23.8 Å². The third-order valence-corrected chi connectivity index (χ3v) is 5.78. The minimum absolute atomic E-state index is 0.123. The summed E-state index contributed by atoms with van der Waals surface area (Å²) in [7, 11) is 0. The molecule has 0 aromatic heterocycles. The average molecular weight is 585 g/mol. The molecule has 0 aliphatic carbocycles. The first-order valence-corrected chi connectivity index (χ1v) is 11.8. The Bertz CT molecular complexity index is 1110. The van der Waals surface area contributed by atoms with Crippen LogP contribution in [0.25, 0.3) is 0 Å². The van der Waals surface area contributed by atoms with Crippen LogP contribution < -0.4 is 20.1 Å². The Balaban J connectivity index is 1.68. The minimum Gasteiger partial charge on any atom is -0.490 e. The summed E-state index contributed by atoms with van der Waals surface area (Å²) in [6.45, 7) is 4.76. The van der Waals surface area contributed by atoms with Gasteiger partial charge in [-0.25, -0.2) is 0 Å². The Morgan fingerprint density at radius 3 is 2.59 bits per heavy atom. The second-order valence-corrected chi connectivity index (χ2v) is 9.03. The van der Waals surface area contributed by atoms with Gasteiger partial charge in [0.05, 0.1) is 20.9 Å². The summed E-state index contributed by atoms with van der Waals surface area (Å²) in [6.07, 6.45) is 0. The fourth-order valence-corrected chi connectivity index (χ4v) is 4.31. The molecule has 0 spiro atoms. The van der Waals surface area contributed by atoms with Crippen molar-refractivity contribution in [3.8, 4) is 11.5 Å². The van der Waals surface area contributed by atoms with E-state index >= 15 is 0 Å². The Kier molecular flexibility index (Phi) is 8.90. The molecular formula is C24H23Cl2IN2O3. The third-order valence-electron chi connectivity index (χ3n) is 4.43. The van der Waals surface area contributed by atoms with E-state index in [0.717, 1.165) is 26.1 Å². The largest absolute Gasteiger partial charge is 0.490 e. The zero-order valence-electron chi connectivity index (χ0n) is 17.7. The Morgan fingerprint density at radius 2 is 1.88 bits per heavy atom. The molecule has 8 heteroatoms. The van der Waals surface area contributed by atoms with Crippen molar-refractivity contribution in [2.45, 2.75) is 20.4 Å². The number of amides is 1. The first-order valence-electron chi connectivity index (χ1n) is 9.99. The minimum atomic E-state index is -0.239. The zero-order valence-corrected chi connectivity index (χ0v) is 21.3. The van der Waals surface area contributed by atoms with Crippen LogP contribution in [0.5, 0.6) is 11.5 Å². The molecule has 0 radical (unpaired) electrons. The smallest absolute Gasteiger partial charge is 0.262 e. The number of carbonyl (C=O) groups is 1. The highest BCUT2D eigenvalue weighted by molar-refractivity contribution is 14.1. The summed E-state index contributed by atoms with van der Waals surface area (Å²) < 4.78 is 12.5. The molecule has 0 heterocycles. The van der Waals surface area contributed by atoms with Crippen LogP contribution >= 0.6 is 45.8 Å². The van der Waals surface area contributed by atoms with E-state index in [9.17, 15) is 4.79 Å². The fourth-order valence-electron chi connectivity index (χ4n) is 3.01. The quantitative estimate of drug-likeness (QED) is 0.268. The third kappa shape index (κ3) is 6.92. The molecule has 0 saturated heterocycles. The maximum Gasteiger partial charge on any atom is 0.262 e. The normalized spacial score (nSPS) is 10.5. The molecule has 0 aliphatic heterocycles. The Hall–Kier alpha value is -2.16. The number of hydrogen-bond donors (Lipinski definition) is 2. The van der Waals surface area contributed by atoms with Gasteiger partial charge in [-0.3, -0.25) is 4.79 Å². The lowest BCUT2D eigenvalue weighted by molar-refractivity contribution is -0.118. The van der Waals surface area contributed by atoms with Crippen LogP contribution in [0.4, 0.5) is 11.4 Å². The molecule has 3 aromatic carbocycles. The lowest BCUT2D eigenvalue weighted by atomic mass is 10.2. The van der Waals surface area contributed by atoms with E-state index in [1.807, 2.05) is 56.3 Å². The van der Waals surface area contributed by atoms with Gasteiger partial charge < -0.3 is 20.1 Å². The molecule has 32 heavy (non-hydrogen) atoms. The van der Waals surface area contributed by atoms with Crippen LogP contribution in [0.3, 0.4) is 0 Å². The number of aryl methyl sites for hydroxylation is 1. The number of carbonyl (C=O) groups excluding carboxylic acids is 1. The standard InChI is InChI=1S/C24H23Cl2IN2O3/c1-3-31-22-11-16(13-28-21-8-7-17(25)12-19(21)26)10-20(27)24(22)32-14-23(30)29-18-6-4-5-15(2)9-18/h4-12,28H,3,13-14H2,1-2H3,(H,29,30). The second kappa shape index (κ2) is 11.6. The van der Waals surface area contributed by atoms with Crippen molar-refractivity contribution in [2.24, 2.45) is 0 Å². The van der Waals surface area contributed by atoms with Crippen molar-refractivity contribution >= 4 is 63.1 Å². The molecular weight excluding hydrogens is 562 g/mol. The Morgan fingerprint density at radius 1 is 1.06 bits per heavy atom. The van der Waals surface area contributed by atoms with E-state index in [0.29, 0.717) is 34.7 Å². The molecule has 0 unspecified atom stereocenters. The molecule has 5 nitrogen and oxygen atoms in total. The number of anilines is 2. The molecule has 2 N–H and O–H groups in total. The van der Waals surface area contributed by atoms with E-state index in [-0.39, 0.29) is 12.5 Å². The lowest BCUT2D eigenvalue weighted by Crippen LogP contribution is -2.20. The predicted octanol–water partition coefficient (Wildman–Crippen LogP) is 6.93. The van der Waals surface area contributed by atoms with E-state index in [4.69, 9.17) is 32.7 Å². The van der Waals surface area contributed by atoms with Crippen molar-refractivity contribution in [3.05, 3.63) is 79.3 Å².